The van der Waals surface area contributed by atoms with Crippen LogP contribution in [0.25, 0.3) is 0 Å². The van der Waals surface area contributed by atoms with Gasteiger partial charge in [-0.15, -0.1) is 11.8 Å². The Kier molecular flexibility index (Phi) is 11.0. The van der Waals surface area contributed by atoms with Crippen LogP contribution in [0.1, 0.15) is 29.8 Å². The zero-order chi connectivity index (χ0) is 31.7. The van der Waals surface area contributed by atoms with Crippen molar-refractivity contribution in [2.24, 2.45) is 5.10 Å². The van der Waals surface area contributed by atoms with Gasteiger partial charge in [0.2, 0.25) is 0 Å². The number of carbonyl (C=O) groups excluding carboxylic acids is 2. The molecule has 4 aromatic rings. The fourth-order valence-electron chi connectivity index (χ4n) is 4.10. The molecule has 0 aliphatic heterocycles. The van der Waals surface area contributed by atoms with Gasteiger partial charge in [0.25, 0.3) is 21.8 Å². The smallest absolute Gasteiger partial charge is 0.264 e. The maximum atomic E-state index is 13.7. The molecule has 2 amide bonds. The second kappa shape index (κ2) is 14.9. The summed E-state index contributed by atoms with van der Waals surface area (Å²) >= 11 is 7.49. The van der Waals surface area contributed by atoms with Crippen molar-refractivity contribution in [3.63, 3.8) is 0 Å². The molecule has 4 aromatic carbocycles. The Hall–Kier alpha value is -4.32. The largest absolute Gasteiger partial charge is 0.494 e. The van der Waals surface area contributed by atoms with Crippen LogP contribution in [0.3, 0.4) is 0 Å². The van der Waals surface area contributed by atoms with Crippen LogP contribution in [-0.4, -0.2) is 45.4 Å². The number of rotatable bonds is 12. The zero-order valence-electron chi connectivity index (χ0n) is 24.3. The Balaban J connectivity index is 1.52. The summed E-state index contributed by atoms with van der Waals surface area (Å²) in [5, 5.41) is 7.46. The van der Waals surface area contributed by atoms with Gasteiger partial charge in [-0.05, 0) is 105 Å². The summed E-state index contributed by atoms with van der Waals surface area (Å²) in [5.41, 5.74) is 4.77. The average molecular weight is 651 g/mol. The Morgan fingerprint density at radius 2 is 1.61 bits per heavy atom. The van der Waals surface area contributed by atoms with Crippen molar-refractivity contribution in [3.8, 4) is 5.75 Å². The minimum atomic E-state index is -4.11. The van der Waals surface area contributed by atoms with Gasteiger partial charge in [-0.1, -0.05) is 29.8 Å². The van der Waals surface area contributed by atoms with E-state index in [1.807, 2.05) is 13.2 Å². The summed E-state index contributed by atoms with van der Waals surface area (Å²) in [6, 6.07) is 26.5. The van der Waals surface area contributed by atoms with Crippen molar-refractivity contribution in [2.45, 2.75) is 23.6 Å². The number of nitrogens with one attached hydrogen (secondary N) is 2. The number of ether oxygens (including phenoxy) is 1. The Labute approximate surface area is 266 Å². The van der Waals surface area contributed by atoms with Gasteiger partial charge in [-0.2, -0.15) is 5.10 Å². The van der Waals surface area contributed by atoms with E-state index in [9.17, 15) is 18.0 Å². The number of thioether (sulfide) groups is 1. The van der Waals surface area contributed by atoms with Crippen molar-refractivity contribution in [2.75, 3.05) is 29.0 Å². The van der Waals surface area contributed by atoms with Gasteiger partial charge in [-0.3, -0.25) is 13.9 Å². The van der Waals surface area contributed by atoms with E-state index in [0.717, 1.165) is 9.20 Å². The standard InChI is InChI=1S/C32H31ClN4O5S2/c1-4-42-28-13-11-27(12-14-28)37(44(40,41)30-17-15-29(43-3)16-18-30)21-31(38)36-35-22(2)23-7-6-10-26(20-23)34-32(39)24-8-5-9-25(33)19-24/h5-20H,4,21H2,1-3H3,(H,34,39)(H,36,38)/b35-22-. The SMILES string of the molecule is CCOc1ccc(N(CC(=O)N/N=C(/C)c2cccc(NC(=O)c3cccc(Cl)c3)c2)S(=O)(=O)c2ccc(SC)cc2)cc1. The lowest BCUT2D eigenvalue weighted by Gasteiger charge is -2.24. The van der Waals surface area contributed by atoms with Gasteiger partial charge in [0.1, 0.15) is 12.3 Å². The molecule has 0 saturated carbocycles. The molecule has 12 heteroatoms. The van der Waals surface area contributed by atoms with E-state index < -0.39 is 22.5 Å². The zero-order valence-corrected chi connectivity index (χ0v) is 26.7. The summed E-state index contributed by atoms with van der Waals surface area (Å²) < 4.78 is 33.9. The second-order valence-electron chi connectivity index (χ2n) is 9.39. The quantitative estimate of drug-likeness (QED) is 0.103. The number of hydrogen-bond donors (Lipinski definition) is 2. The van der Waals surface area contributed by atoms with Crippen molar-refractivity contribution in [1.29, 1.82) is 0 Å². The average Bonchev–Trinajstić information content (AvgIpc) is 3.03. The molecule has 0 aromatic heterocycles. The predicted octanol–water partition coefficient (Wildman–Crippen LogP) is 6.45. The number of nitrogens with zero attached hydrogens (tertiary/aromatic N) is 2. The molecule has 0 radical (unpaired) electrons. The molecule has 2 N–H and O–H groups in total. The van der Waals surface area contributed by atoms with Crippen molar-refractivity contribution in [3.05, 3.63) is 113 Å². The fraction of sp³-hybridized carbons (Fsp3) is 0.156. The first-order chi connectivity index (χ1) is 21.1. The molecule has 0 heterocycles. The maximum absolute atomic E-state index is 13.7. The van der Waals surface area contributed by atoms with Crippen molar-refractivity contribution in [1.82, 2.24) is 5.43 Å². The van der Waals surface area contributed by atoms with Crippen molar-refractivity contribution < 1.29 is 22.7 Å². The van der Waals surface area contributed by atoms with E-state index in [1.54, 1.807) is 91.9 Å². The third-order valence-electron chi connectivity index (χ3n) is 6.34. The van der Waals surface area contributed by atoms with Crippen LogP contribution in [0.2, 0.25) is 5.02 Å². The van der Waals surface area contributed by atoms with E-state index in [-0.39, 0.29) is 10.8 Å². The first-order valence-electron chi connectivity index (χ1n) is 13.5. The number of benzene rings is 4. The number of carbonyl (C=O) groups is 2. The minimum absolute atomic E-state index is 0.0494. The summed E-state index contributed by atoms with van der Waals surface area (Å²) in [4.78, 5) is 26.7. The number of anilines is 2. The molecule has 0 atom stereocenters. The molecule has 0 fully saturated rings. The normalized spacial score (nSPS) is 11.5. The maximum Gasteiger partial charge on any atom is 0.264 e. The number of amides is 2. The van der Waals surface area contributed by atoms with Crippen LogP contribution >= 0.6 is 23.4 Å². The van der Waals surface area contributed by atoms with Crippen LogP contribution in [0.15, 0.2) is 112 Å². The summed E-state index contributed by atoms with van der Waals surface area (Å²) in [7, 11) is -4.11. The van der Waals surface area contributed by atoms with Gasteiger partial charge in [0, 0.05) is 21.2 Å². The predicted molar refractivity (Wildman–Crippen MR) is 177 cm³/mol. The van der Waals surface area contributed by atoms with Gasteiger partial charge >= 0.3 is 0 Å². The number of hydrogen-bond acceptors (Lipinski definition) is 7. The minimum Gasteiger partial charge on any atom is -0.494 e. The molecule has 44 heavy (non-hydrogen) atoms. The fourth-order valence-corrected chi connectivity index (χ4v) is 6.12. The van der Waals surface area contributed by atoms with E-state index >= 15 is 0 Å². The lowest BCUT2D eigenvalue weighted by molar-refractivity contribution is -0.119. The molecule has 0 spiro atoms. The molecule has 0 aliphatic rings. The van der Waals surface area contributed by atoms with Gasteiger partial charge < -0.3 is 10.1 Å². The number of sulfonamides is 1. The van der Waals surface area contributed by atoms with E-state index in [2.05, 4.69) is 15.8 Å². The molecular formula is C32H31ClN4O5S2. The van der Waals surface area contributed by atoms with Crippen LogP contribution in [0.4, 0.5) is 11.4 Å². The van der Waals surface area contributed by atoms with Gasteiger partial charge in [0.05, 0.1) is 22.9 Å². The molecule has 228 valence electrons. The van der Waals surface area contributed by atoms with E-state index in [4.69, 9.17) is 16.3 Å². The van der Waals surface area contributed by atoms with E-state index in [0.29, 0.717) is 45.6 Å². The molecule has 0 aliphatic carbocycles. The second-order valence-corrected chi connectivity index (χ2v) is 12.6. The summed E-state index contributed by atoms with van der Waals surface area (Å²) in [6.07, 6.45) is 1.90. The first kappa shape index (κ1) is 32.6. The topological polar surface area (TPSA) is 117 Å². The highest BCUT2D eigenvalue weighted by Crippen LogP contribution is 2.27. The van der Waals surface area contributed by atoms with E-state index in [1.165, 1.54) is 23.9 Å². The summed E-state index contributed by atoms with van der Waals surface area (Å²) in [5.74, 6) is -0.396. The van der Waals surface area contributed by atoms with Gasteiger partial charge in [-0.25, -0.2) is 13.8 Å². The van der Waals surface area contributed by atoms with Crippen LogP contribution < -0.4 is 19.8 Å². The third-order valence-corrected chi connectivity index (χ3v) is 9.11. The molecule has 4 rings (SSSR count). The van der Waals surface area contributed by atoms with Crippen LogP contribution in [-0.2, 0) is 14.8 Å². The Morgan fingerprint density at radius 1 is 0.932 bits per heavy atom. The summed E-state index contributed by atoms with van der Waals surface area (Å²) in [6.45, 7) is 3.47. The van der Waals surface area contributed by atoms with Crippen molar-refractivity contribution >= 4 is 62.3 Å². The van der Waals surface area contributed by atoms with Gasteiger partial charge in [0.15, 0.2) is 0 Å². The monoisotopic (exact) mass is 650 g/mol. The first-order valence-corrected chi connectivity index (χ1v) is 16.5. The number of halogens is 1. The Morgan fingerprint density at radius 3 is 2.27 bits per heavy atom. The number of hydrazone groups is 1. The highest BCUT2D eigenvalue weighted by Gasteiger charge is 2.27. The van der Waals surface area contributed by atoms with Crippen LogP contribution in [0, 0.1) is 0 Å². The highest BCUT2D eigenvalue weighted by molar-refractivity contribution is 7.98. The van der Waals surface area contributed by atoms with Crippen LogP contribution in [0.5, 0.6) is 5.75 Å². The highest BCUT2D eigenvalue weighted by atomic mass is 35.5. The molecule has 9 nitrogen and oxygen atoms in total. The molecule has 0 saturated heterocycles. The molecule has 0 bridgehead atoms. The lowest BCUT2D eigenvalue weighted by Crippen LogP contribution is -2.39. The lowest BCUT2D eigenvalue weighted by atomic mass is 10.1. The molecule has 0 unspecified atom stereocenters. The third kappa shape index (κ3) is 8.40. The Bertz CT molecular complexity index is 1760. The molecular weight excluding hydrogens is 620 g/mol.